The van der Waals surface area contributed by atoms with Gasteiger partial charge >= 0.3 is 5.97 Å². The lowest BCUT2D eigenvalue weighted by molar-refractivity contribution is 0.0691. The summed E-state index contributed by atoms with van der Waals surface area (Å²) in [7, 11) is 0. The van der Waals surface area contributed by atoms with Crippen molar-refractivity contribution in [2.24, 2.45) is 5.92 Å². The monoisotopic (exact) mass is 257 g/mol. The molecule has 1 aromatic carbocycles. The van der Waals surface area contributed by atoms with Crippen LogP contribution in [0.3, 0.4) is 0 Å². The Morgan fingerprint density at radius 1 is 1.32 bits per heavy atom. The maximum absolute atomic E-state index is 11.2. The fourth-order valence-electron chi connectivity index (χ4n) is 2.21. The molecule has 1 N–H and O–H groups in total. The number of hydrogen-bond donors (Lipinski definition) is 1. The molecule has 2 aromatic rings. The van der Waals surface area contributed by atoms with Crippen molar-refractivity contribution >= 4 is 5.97 Å². The van der Waals surface area contributed by atoms with E-state index >= 15 is 0 Å². The summed E-state index contributed by atoms with van der Waals surface area (Å²) in [5, 5.41) is 17.0. The summed E-state index contributed by atoms with van der Waals surface area (Å²) in [6, 6.07) is 9.46. The largest absolute Gasteiger partial charge is 0.476 e. The number of nitrogens with zero attached hydrogens (tertiary/aromatic N) is 3. The first kappa shape index (κ1) is 11.9. The molecule has 1 saturated carbocycles. The van der Waals surface area contributed by atoms with Crippen LogP contribution in [0.5, 0.6) is 0 Å². The molecule has 0 saturated heterocycles. The van der Waals surface area contributed by atoms with Crippen LogP contribution in [-0.2, 0) is 6.54 Å². The lowest BCUT2D eigenvalue weighted by Gasteiger charge is -2.06. The number of benzene rings is 1. The van der Waals surface area contributed by atoms with Crippen LogP contribution in [0, 0.1) is 5.92 Å². The van der Waals surface area contributed by atoms with Gasteiger partial charge in [-0.15, -0.1) is 5.10 Å². The highest BCUT2D eigenvalue weighted by atomic mass is 16.4. The van der Waals surface area contributed by atoms with Crippen LogP contribution >= 0.6 is 0 Å². The molecule has 1 heterocycles. The normalized spacial score (nSPS) is 14.5. The van der Waals surface area contributed by atoms with Gasteiger partial charge in [0.25, 0.3) is 0 Å². The fraction of sp³-hybridized carbons (Fsp3) is 0.357. The minimum atomic E-state index is -1.03. The highest BCUT2D eigenvalue weighted by molar-refractivity contribution is 5.92. The van der Waals surface area contributed by atoms with Gasteiger partial charge in [-0.2, -0.15) is 0 Å². The van der Waals surface area contributed by atoms with Gasteiger partial charge in [0.1, 0.15) is 5.69 Å². The molecule has 0 amide bonds. The van der Waals surface area contributed by atoms with E-state index in [0.717, 1.165) is 24.4 Å². The van der Waals surface area contributed by atoms with Gasteiger partial charge in [-0.25, -0.2) is 9.48 Å². The van der Waals surface area contributed by atoms with Crippen molar-refractivity contribution in [1.82, 2.24) is 15.0 Å². The van der Waals surface area contributed by atoms with Crippen molar-refractivity contribution in [1.29, 1.82) is 0 Å². The van der Waals surface area contributed by atoms with Crippen molar-refractivity contribution in [3.63, 3.8) is 0 Å². The Labute approximate surface area is 110 Å². The van der Waals surface area contributed by atoms with E-state index in [-0.39, 0.29) is 5.69 Å². The second kappa shape index (κ2) is 4.84. The Bertz CT molecular complexity index is 588. The number of aromatic carboxylic acids is 1. The van der Waals surface area contributed by atoms with E-state index in [1.54, 1.807) is 4.68 Å². The van der Waals surface area contributed by atoms with Crippen molar-refractivity contribution in [2.45, 2.75) is 25.8 Å². The molecule has 5 heteroatoms. The van der Waals surface area contributed by atoms with E-state index in [4.69, 9.17) is 0 Å². The predicted molar refractivity (Wildman–Crippen MR) is 69.8 cm³/mol. The van der Waals surface area contributed by atoms with E-state index in [1.165, 1.54) is 12.8 Å². The summed E-state index contributed by atoms with van der Waals surface area (Å²) in [5.74, 6) is -0.252. The van der Waals surface area contributed by atoms with Crippen LogP contribution in [-0.4, -0.2) is 26.1 Å². The topological polar surface area (TPSA) is 68.0 Å². The zero-order valence-electron chi connectivity index (χ0n) is 10.5. The first-order chi connectivity index (χ1) is 9.25. The first-order valence-electron chi connectivity index (χ1n) is 6.48. The molecule has 5 nitrogen and oxygen atoms in total. The minimum absolute atomic E-state index is 0.0296. The maximum Gasteiger partial charge on any atom is 0.358 e. The molecule has 1 fully saturated rings. The second-order valence-electron chi connectivity index (χ2n) is 4.91. The van der Waals surface area contributed by atoms with Gasteiger partial charge in [0, 0.05) is 12.1 Å². The molecule has 0 spiro atoms. The Morgan fingerprint density at radius 2 is 2.05 bits per heavy atom. The summed E-state index contributed by atoms with van der Waals surface area (Å²) in [6.07, 6.45) is 3.60. The number of aryl methyl sites for hydroxylation is 1. The molecular weight excluding hydrogens is 242 g/mol. The van der Waals surface area contributed by atoms with E-state index in [2.05, 4.69) is 10.3 Å². The number of hydrogen-bond acceptors (Lipinski definition) is 3. The summed E-state index contributed by atoms with van der Waals surface area (Å²) < 4.78 is 1.72. The van der Waals surface area contributed by atoms with Crippen molar-refractivity contribution in [2.75, 3.05) is 0 Å². The highest BCUT2D eigenvalue weighted by Crippen LogP contribution is 2.33. The third-order valence-corrected chi connectivity index (χ3v) is 3.43. The lowest BCUT2D eigenvalue weighted by Crippen LogP contribution is -2.05. The van der Waals surface area contributed by atoms with Crippen molar-refractivity contribution < 1.29 is 9.90 Å². The molecule has 1 aliphatic carbocycles. The van der Waals surface area contributed by atoms with E-state index in [9.17, 15) is 9.90 Å². The smallest absolute Gasteiger partial charge is 0.358 e. The maximum atomic E-state index is 11.2. The SMILES string of the molecule is O=C(O)c1nnn(CCC2CC2)c1-c1ccccc1. The fourth-order valence-corrected chi connectivity index (χ4v) is 2.21. The standard InChI is InChI=1S/C14H15N3O2/c18-14(19)12-13(11-4-2-1-3-5-11)17(16-15-12)9-8-10-6-7-10/h1-5,10H,6-9H2,(H,18,19). The number of aromatic nitrogens is 3. The van der Waals surface area contributed by atoms with Crippen LogP contribution in [0.25, 0.3) is 11.3 Å². The predicted octanol–water partition coefficient (Wildman–Crippen LogP) is 2.44. The molecule has 0 atom stereocenters. The van der Waals surface area contributed by atoms with Crippen LogP contribution in [0.1, 0.15) is 29.8 Å². The zero-order chi connectivity index (χ0) is 13.2. The van der Waals surface area contributed by atoms with Gasteiger partial charge < -0.3 is 5.11 Å². The molecule has 98 valence electrons. The summed E-state index contributed by atoms with van der Waals surface area (Å²) in [5.41, 5.74) is 1.48. The van der Waals surface area contributed by atoms with E-state index in [1.807, 2.05) is 30.3 Å². The van der Waals surface area contributed by atoms with Crippen LogP contribution in [0.15, 0.2) is 30.3 Å². The molecule has 0 unspecified atom stereocenters. The molecule has 19 heavy (non-hydrogen) atoms. The van der Waals surface area contributed by atoms with E-state index in [0.29, 0.717) is 5.69 Å². The number of carbonyl (C=O) groups is 1. The average molecular weight is 257 g/mol. The molecule has 1 aromatic heterocycles. The first-order valence-corrected chi connectivity index (χ1v) is 6.48. The third kappa shape index (κ3) is 2.50. The zero-order valence-corrected chi connectivity index (χ0v) is 10.5. The van der Waals surface area contributed by atoms with Gasteiger partial charge in [0.05, 0.1) is 0 Å². The van der Waals surface area contributed by atoms with Gasteiger partial charge in [-0.3, -0.25) is 0 Å². The molecule has 3 rings (SSSR count). The van der Waals surface area contributed by atoms with Gasteiger partial charge in [-0.05, 0) is 12.3 Å². The average Bonchev–Trinajstić information content (AvgIpc) is 3.15. The lowest BCUT2D eigenvalue weighted by atomic mass is 10.1. The Hall–Kier alpha value is -2.17. The molecule has 0 bridgehead atoms. The minimum Gasteiger partial charge on any atom is -0.476 e. The summed E-state index contributed by atoms with van der Waals surface area (Å²) >= 11 is 0. The quantitative estimate of drug-likeness (QED) is 0.893. The van der Waals surface area contributed by atoms with Gasteiger partial charge in [0.15, 0.2) is 5.69 Å². The van der Waals surface area contributed by atoms with Crippen LogP contribution in [0.2, 0.25) is 0 Å². The molecule has 0 radical (unpaired) electrons. The Kier molecular flexibility index (Phi) is 3.03. The summed E-state index contributed by atoms with van der Waals surface area (Å²) in [6.45, 7) is 0.731. The van der Waals surface area contributed by atoms with Crippen LogP contribution < -0.4 is 0 Å². The third-order valence-electron chi connectivity index (χ3n) is 3.43. The Balaban J connectivity index is 1.97. The number of carboxylic acids is 1. The van der Waals surface area contributed by atoms with Crippen molar-refractivity contribution in [3.8, 4) is 11.3 Å². The highest BCUT2D eigenvalue weighted by Gasteiger charge is 2.24. The Morgan fingerprint density at radius 3 is 2.68 bits per heavy atom. The van der Waals surface area contributed by atoms with Crippen molar-refractivity contribution in [3.05, 3.63) is 36.0 Å². The number of rotatable bonds is 5. The molecule has 0 aliphatic heterocycles. The van der Waals surface area contributed by atoms with Gasteiger partial charge in [0.2, 0.25) is 0 Å². The molecule has 1 aliphatic rings. The van der Waals surface area contributed by atoms with Crippen LogP contribution in [0.4, 0.5) is 0 Å². The van der Waals surface area contributed by atoms with E-state index < -0.39 is 5.97 Å². The summed E-state index contributed by atoms with van der Waals surface area (Å²) in [4.78, 5) is 11.2. The molecular formula is C14H15N3O2. The second-order valence-corrected chi connectivity index (χ2v) is 4.91. The number of carboxylic acid groups (broad SMARTS) is 1. The van der Waals surface area contributed by atoms with Gasteiger partial charge in [-0.1, -0.05) is 48.4 Å².